The number of halogens is 3. The molecule has 1 aromatic rings. The predicted octanol–water partition coefficient (Wildman–Crippen LogP) is 1.31. The van der Waals surface area contributed by atoms with Crippen molar-refractivity contribution in [2.45, 2.75) is 25.4 Å². The molecule has 0 unspecified atom stereocenters. The fourth-order valence-corrected chi connectivity index (χ4v) is 2.90. The maximum absolute atomic E-state index is 12.2. The van der Waals surface area contributed by atoms with E-state index in [1.54, 1.807) is 7.11 Å². The molecule has 7 nitrogen and oxygen atoms in total. The Morgan fingerprint density at radius 2 is 1.96 bits per heavy atom. The molecule has 0 spiro atoms. The quantitative estimate of drug-likeness (QED) is 0.596. The number of methoxy groups -OCH3 is 1. The molecular weight excluding hydrogens is 401 g/mol. The van der Waals surface area contributed by atoms with Crippen LogP contribution in [0.25, 0.3) is 0 Å². The van der Waals surface area contributed by atoms with Crippen molar-refractivity contribution in [3.05, 3.63) is 18.5 Å². The Hall–Kier alpha value is -0.570. The summed E-state index contributed by atoms with van der Waals surface area (Å²) in [5, 5.41) is 7.34. The van der Waals surface area contributed by atoms with Crippen molar-refractivity contribution in [1.29, 1.82) is 0 Å². The minimum absolute atomic E-state index is 0. The molecule has 1 amide bonds. The zero-order valence-corrected chi connectivity index (χ0v) is 18.0. The maximum Gasteiger partial charge on any atom is 0.236 e. The van der Waals surface area contributed by atoms with Crippen LogP contribution < -0.4 is 5.32 Å². The van der Waals surface area contributed by atoms with Crippen LogP contribution in [0.1, 0.15) is 12.8 Å². The van der Waals surface area contributed by atoms with Crippen LogP contribution in [0, 0.1) is 0 Å². The van der Waals surface area contributed by atoms with Crippen LogP contribution in [0.5, 0.6) is 0 Å². The summed E-state index contributed by atoms with van der Waals surface area (Å²) < 4.78 is 6.93. The zero-order valence-electron chi connectivity index (χ0n) is 15.5. The van der Waals surface area contributed by atoms with E-state index in [9.17, 15) is 4.79 Å². The average molecular weight is 433 g/mol. The minimum Gasteiger partial charge on any atom is -0.383 e. The standard InChI is InChI=1S/C16H29N5O2.3ClH/c1-19(16(22)14-17-7-13-23-2)15-4-9-20(10-5-15)11-12-21-8-3-6-18-21;;;/h3,6,8,15,17H,4-5,7,9-14H2,1-2H3;3*1H. The molecule has 26 heavy (non-hydrogen) atoms. The first-order chi connectivity index (χ1) is 11.2. The monoisotopic (exact) mass is 431 g/mol. The largest absolute Gasteiger partial charge is 0.383 e. The summed E-state index contributed by atoms with van der Waals surface area (Å²) in [5.74, 6) is 0.163. The molecule has 2 rings (SSSR count). The summed E-state index contributed by atoms with van der Waals surface area (Å²) >= 11 is 0. The van der Waals surface area contributed by atoms with E-state index in [0.717, 1.165) is 39.0 Å². The van der Waals surface area contributed by atoms with Crippen molar-refractivity contribution in [3.8, 4) is 0 Å². The van der Waals surface area contributed by atoms with Gasteiger partial charge in [-0.05, 0) is 18.9 Å². The maximum atomic E-state index is 12.2. The molecule has 1 aliphatic heterocycles. The smallest absolute Gasteiger partial charge is 0.236 e. The van der Waals surface area contributed by atoms with Crippen LogP contribution >= 0.6 is 37.2 Å². The van der Waals surface area contributed by atoms with E-state index in [2.05, 4.69) is 15.3 Å². The number of nitrogens with one attached hydrogen (secondary N) is 1. The molecule has 1 N–H and O–H groups in total. The number of likely N-dealkylation sites (tertiary alicyclic amines) is 1. The molecular formula is C16H32Cl3N5O2. The average Bonchev–Trinajstić information content (AvgIpc) is 3.10. The first-order valence-electron chi connectivity index (χ1n) is 8.36. The summed E-state index contributed by atoms with van der Waals surface area (Å²) in [5.41, 5.74) is 0. The van der Waals surface area contributed by atoms with E-state index in [-0.39, 0.29) is 43.1 Å². The van der Waals surface area contributed by atoms with E-state index in [1.807, 2.05) is 35.1 Å². The number of carbonyl (C=O) groups excluding carboxylic acids is 1. The SMILES string of the molecule is COCCNCC(=O)N(C)C1CCN(CCn2cccn2)CC1.Cl.Cl.Cl. The molecule has 154 valence electrons. The van der Waals surface area contributed by atoms with Crippen LogP contribution in [0.15, 0.2) is 18.5 Å². The lowest BCUT2D eigenvalue weighted by Crippen LogP contribution is -2.48. The van der Waals surface area contributed by atoms with Crippen molar-refractivity contribution in [2.24, 2.45) is 0 Å². The number of nitrogens with zero attached hydrogens (tertiary/aromatic N) is 4. The number of hydrogen-bond acceptors (Lipinski definition) is 5. The number of likely N-dealkylation sites (N-methyl/N-ethyl adjacent to an activating group) is 1. The van der Waals surface area contributed by atoms with Crippen molar-refractivity contribution in [3.63, 3.8) is 0 Å². The van der Waals surface area contributed by atoms with Gasteiger partial charge in [0.2, 0.25) is 5.91 Å². The number of piperidine rings is 1. The molecule has 0 aromatic carbocycles. The first kappa shape index (κ1) is 27.6. The predicted molar refractivity (Wildman–Crippen MR) is 111 cm³/mol. The molecule has 10 heteroatoms. The van der Waals surface area contributed by atoms with Gasteiger partial charge in [-0.3, -0.25) is 9.48 Å². The van der Waals surface area contributed by atoms with E-state index in [4.69, 9.17) is 4.74 Å². The molecule has 0 atom stereocenters. The van der Waals surface area contributed by atoms with Gasteiger partial charge in [0.05, 0.1) is 19.7 Å². The van der Waals surface area contributed by atoms with Gasteiger partial charge >= 0.3 is 0 Å². The number of hydrogen-bond donors (Lipinski definition) is 1. The Kier molecular flexibility index (Phi) is 16.5. The highest BCUT2D eigenvalue weighted by Crippen LogP contribution is 2.15. The van der Waals surface area contributed by atoms with Gasteiger partial charge in [0, 0.05) is 58.8 Å². The third-order valence-corrected chi connectivity index (χ3v) is 4.46. The lowest BCUT2D eigenvalue weighted by Gasteiger charge is -2.36. The number of carbonyl (C=O) groups is 1. The van der Waals surface area contributed by atoms with E-state index >= 15 is 0 Å². The summed E-state index contributed by atoms with van der Waals surface area (Å²) in [6.45, 7) is 5.76. The Balaban J connectivity index is 0. The summed E-state index contributed by atoms with van der Waals surface area (Å²) in [6.07, 6.45) is 5.89. The summed E-state index contributed by atoms with van der Waals surface area (Å²) in [7, 11) is 3.58. The number of amides is 1. The molecule has 0 saturated carbocycles. The van der Waals surface area contributed by atoms with E-state index in [0.29, 0.717) is 25.7 Å². The van der Waals surface area contributed by atoms with Gasteiger partial charge in [0.1, 0.15) is 0 Å². The second-order valence-electron chi connectivity index (χ2n) is 6.02. The first-order valence-corrected chi connectivity index (χ1v) is 8.36. The normalized spacial score (nSPS) is 14.7. The fraction of sp³-hybridized carbons (Fsp3) is 0.750. The zero-order chi connectivity index (χ0) is 16.5. The lowest BCUT2D eigenvalue weighted by atomic mass is 10.0. The van der Waals surface area contributed by atoms with Crippen molar-refractivity contribution in [1.82, 2.24) is 24.9 Å². The van der Waals surface area contributed by atoms with Gasteiger partial charge in [-0.1, -0.05) is 0 Å². The molecule has 0 aliphatic carbocycles. The van der Waals surface area contributed by atoms with Gasteiger partial charge in [-0.15, -0.1) is 37.2 Å². The minimum atomic E-state index is 0. The molecule has 0 radical (unpaired) electrons. The molecule has 2 heterocycles. The lowest BCUT2D eigenvalue weighted by molar-refractivity contribution is -0.131. The number of aromatic nitrogens is 2. The second kappa shape index (κ2) is 15.5. The number of ether oxygens (including phenoxy) is 1. The molecule has 1 aliphatic rings. The second-order valence-corrected chi connectivity index (χ2v) is 6.02. The highest BCUT2D eigenvalue weighted by Gasteiger charge is 2.24. The van der Waals surface area contributed by atoms with Crippen molar-refractivity contribution < 1.29 is 9.53 Å². The molecule has 1 saturated heterocycles. The van der Waals surface area contributed by atoms with Crippen LogP contribution in [-0.2, 0) is 16.1 Å². The summed E-state index contributed by atoms with van der Waals surface area (Å²) in [6, 6.07) is 2.31. The highest BCUT2D eigenvalue weighted by atomic mass is 35.5. The van der Waals surface area contributed by atoms with Gasteiger partial charge in [0.15, 0.2) is 0 Å². The van der Waals surface area contributed by atoms with Crippen LogP contribution in [0.2, 0.25) is 0 Å². The van der Waals surface area contributed by atoms with E-state index in [1.165, 1.54) is 0 Å². The molecule has 1 aromatic heterocycles. The van der Waals surface area contributed by atoms with Gasteiger partial charge in [-0.25, -0.2) is 0 Å². The van der Waals surface area contributed by atoms with Gasteiger partial charge < -0.3 is 19.9 Å². The Morgan fingerprint density at radius 3 is 2.54 bits per heavy atom. The van der Waals surface area contributed by atoms with Crippen LogP contribution in [0.3, 0.4) is 0 Å². The Labute approximate surface area is 175 Å². The topological polar surface area (TPSA) is 62.6 Å². The van der Waals surface area contributed by atoms with Crippen molar-refractivity contribution in [2.75, 3.05) is 53.5 Å². The van der Waals surface area contributed by atoms with Gasteiger partial charge in [0.25, 0.3) is 0 Å². The van der Waals surface area contributed by atoms with Gasteiger partial charge in [-0.2, -0.15) is 5.10 Å². The van der Waals surface area contributed by atoms with E-state index < -0.39 is 0 Å². The number of rotatable bonds is 9. The molecule has 0 bridgehead atoms. The Morgan fingerprint density at radius 1 is 1.27 bits per heavy atom. The third-order valence-electron chi connectivity index (χ3n) is 4.46. The van der Waals surface area contributed by atoms with Crippen LogP contribution in [0.4, 0.5) is 0 Å². The summed E-state index contributed by atoms with van der Waals surface area (Å²) in [4.78, 5) is 16.5. The molecule has 1 fully saturated rings. The highest BCUT2D eigenvalue weighted by molar-refractivity contribution is 5.86. The van der Waals surface area contributed by atoms with Crippen LogP contribution in [-0.4, -0.2) is 85.0 Å². The third kappa shape index (κ3) is 9.39. The Bertz CT molecular complexity index is 457. The van der Waals surface area contributed by atoms with Crippen molar-refractivity contribution >= 4 is 43.1 Å². The fourth-order valence-electron chi connectivity index (χ4n) is 2.90.